The van der Waals surface area contributed by atoms with Crippen LogP contribution in [0.2, 0.25) is 0 Å². The van der Waals surface area contributed by atoms with Gasteiger partial charge < -0.3 is 10.0 Å². The van der Waals surface area contributed by atoms with Gasteiger partial charge in [0.1, 0.15) is 5.69 Å². The van der Waals surface area contributed by atoms with Gasteiger partial charge in [-0.25, -0.2) is 4.98 Å². The summed E-state index contributed by atoms with van der Waals surface area (Å²) in [6, 6.07) is 5.95. The fourth-order valence-corrected chi connectivity index (χ4v) is 3.27. The molecule has 0 aromatic carbocycles. The van der Waals surface area contributed by atoms with Gasteiger partial charge in [-0.05, 0) is 44.7 Å². The molecule has 2 bridgehead atoms. The average Bonchev–Trinajstić information content (AvgIpc) is 2.61. The fourth-order valence-electron chi connectivity index (χ4n) is 3.27. The first kappa shape index (κ1) is 11.7. The molecule has 2 fully saturated rings. The summed E-state index contributed by atoms with van der Waals surface area (Å²) in [4.78, 5) is 18.8. The van der Waals surface area contributed by atoms with E-state index in [4.69, 9.17) is 0 Å². The van der Waals surface area contributed by atoms with Crippen molar-refractivity contribution in [2.24, 2.45) is 0 Å². The molecule has 2 saturated heterocycles. The van der Waals surface area contributed by atoms with E-state index in [1.807, 2.05) is 24.0 Å². The number of hydrogen-bond donors (Lipinski definition) is 1. The van der Waals surface area contributed by atoms with E-state index in [0.717, 1.165) is 18.5 Å². The Morgan fingerprint density at radius 3 is 2.61 bits per heavy atom. The van der Waals surface area contributed by atoms with Crippen LogP contribution in [-0.2, 0) is 0 Å². The minimum atomic E-state index is -0.239. The molecule has 1 N–H and O–H groups in total. The number of amides is 1. The number of piperidine rings is 1. The highest BCUT2D eigenvalue weighted by Crippen LogP contribution is 2.36. The summed E-state index contributed by atoms with van der Waals surface area (Å²) >= 11 is 0. The molecule has 0 spiro atoms. The normalized spacial score (nSPS) is 30.6. The molecule has 1 amide bonds. The van der Waals surface area contributed by atoms with E-state index in [0.29, 0.717) is 18.5 Å². The molecule has 0 saturated carbocycles. The van der Waals surface area contributed by atoms with Crippen molar-refractivity contribution in [3.05, 3.63) is 29.6 Å². The number of aliphatic hydroxyl groups is 1. The van der Waals surface area contributed by atoms with Gasteiger partial charge in [0.25, 0.3) is 5.91 Å². The summed E-state index contributed by atoms with van der Waals surface area (Å²) in [6.07, 6.45) is 3.22. The lowest BCUT2D eigenvalue weighted by Gasteiger charge is -2.37. The van der Waals surface area contributed by atoms with Gasteiger partial charge in [0.2, 0.25) is 0 Å². The molecule has 4 heteroatoms. The maximum absolute atomic E-state index is 12.5. The number of aliphatic hydroxyl groups excluding tert-OH is 1. The molecule has 2 aliphatic heterocycles. The van der Waals surface area contributed by atoms with Crippen LogP contribution in [0.25, 0.3) is 0 Å². The van der Waals surface area contributed by atoms with Crippen molar-refractivity contribution in [2.45, 2.75) is 50.8 Å². The number of rotatable bonds is 1. The minimum Gasteiger partial charge on any atom is -0.393 e. The molecule has 0 aliphatic carbocycles. The van der Waals surface area contributed by atoms with E-state index in [-0.39, 0.29) is 24.1 Å². The topological polar surface area (TPSA) is 53.4 Å². The van der Waals surface area contributed by atoms with E-state index in [1.54, 1.807) is 6.07 Å². The quantitative estimate of drug-likeness (QED) is 0.817. The maximum Gasteiger partial charge on any atom is 0.272 e. The van der Waals surface area contributed by atoms with Crippen LogP contribution in [0.5, 0.6) is 0 Å². The average molecular weight is 246 g/mol. The van der Waals surface area contributed by atoms with Gasteiger partial charge in [0.05, 0.1) is 6.10 Å². The zero-order chi connectivity index (χ0) is 12.7. The van der Waals surface area contributed by atoms with Gasteiger partial charge in [-0.3, -0.25) is 4.79 Å². The van der Waals surface area contributed by atoms with Crippen LogP contribution in [-0.4, -0.2) is 39.1 Å². The van der Waals surface area contributed by atoms with Crippen LogP contribution in [0.3, 0.4) is 0 Å². The van der Waals surface area contributed by atoms with Gasteiger partial charge in [-0.1, -0.05) is 6.07 Å². The Morgan fingerprint density at radius 1 is 1.33 bits per heavy atom. The predicted octanol–water partition coefficient (Wildman–Crippen LogP) is 1.52. The SMILES string of the molecule is Cc1cccc(C(=O)N2C3CCC2CC(O)C3)n1. The van der Waals surface area contributed by atoms with E-state index in [2.05, 4.69) is 4.98 Å². The van der Waals surface area contributed by atoms with Crippen molar-refractivity contribution in [1.29, 1.82) is 0 Å². The monoisotopic (exact) mass is 246 g/mol. The Bertz CT molecular complexity index is 461. The summed E-state index contributed by atoms with van der Waals surface area (Å²) in [6.45, 7) is 1.89. The molecular weight excluding hydrogens is 228 g/mol. The van der Waals surface area contributed by atoms with E-state index >= 15 is 0 Å². The maximum atomic E-state index is 12.5. The molecule has 2 unspecified atom stereocenters. The number of hydrogen-bond acceptors (Lipinski definition) is 3. The lowest BCUT2D eigenvalue weighted by atomic mass is 9.99. The number of carbonyl (C=O) groups excluding carboxylic acids is 1. The number of fused-ring (bicyclic) bond motifs is 2. The summed E-state index contributed by atoms with van der Waals surface area (Å²) in [5, 5.41) is 9.75. The lowest BCUT2D eigenvalue weighted by molar-refractivity contribution is 0.0282. The third-order valence-corrected chi connectivity index (χ3v) is 4.05. The zero-order valence-electron chi connectivity index (χ0n) is 10.5. The van der Waals surface area contributed by atoms with Crippen LogP contribution in [0, 0.1) is 6.92 Å². The van der Waals surface area contributed by atoms with E-state index in [1.165, 1.54) is 0 Å². The number of aromatic nitrogens is 1. The van der Waals surface area contributed by atoms with Crippen molar-refractivity contribution in [3.8, 4) is 0 Å². The molecule has 1 aromatic heterocycles. The standard InChI is InChI=1S/C14H18N2O2/c1-9-3-2-4-13(15-9)14(18)16-10-5-6-11(16)8-12(17)7-10/h2-4,10-12,17H,5-8H2,1H3. The second kappa shape index (κ2) is 4.35. The van der Waals surface area contributed by atoms with Crippen molar-refractivity contribution < 1.29 is 9.90 Å². The van der Waals surface area contributed by atoms with Gasteiger partial charge in [0, 0.05) is 17.8 Å². The molecule has 1 aromatic rings. The Kier molecular flexibility index (Phi) is 2.82. The van der Waals surface area contributed by atoms with Crippen LogP contribution >= 0.6 is 0 Å². The highest BCUT2D eigenvalue weighted by atomic mass is 16.3. The highest BCUT2D eigenvalue weighted by Gasteiger charge is 2.43. The van der Waals surface area contributed by atoms with Crippen molar-refractivity contribution in [1.82, 2.24) is 9.88 Å². The van der Waals surface area contributed by atoms with Crippen molar-refractivity contribution in [3.63, 3.8) is 0 Å². The first-order chi connectivity index (χ1) is 8.65. The van der Waals surface area contributed by atoms with Crippen LogP contribution in [0.15, 0.2) is 18.2 Å². The molecule has 96 valence electrons. The van der Waals surface area contributed by atoms with Gasteiger partial charge in [-0.2, -0.15) is 0 Å². The van der Waals surface area contributed by atoms with Gasteiger partial charge in [-0.15, -0.1) is 0 Å². The van der Waals surface area contributed by atoms with Crippen LogP contribution in [0.4, 0.5) is 0 Å². The van der Waals surface area contributed by atoms with Crippen molar-refractivity contribution >= 4 is 5.91 Å². The smallest absolute Gasteiger partial charge is 0.272 e. The fraction of sp³-hybridized carbons (Fsp3) is 0.571. The van der Waals surface area contributed by atoms with Gasteiger partial charge >= 0.3 is 0 Å². The molecule has 3 heterocycles. The molecule has 0 radical (unpaired) electrons. The molecule has 3 rings (SSSR count). The zero-order valence-corrected chi connectivity index (χ0v) is 10.5. The molecule has 2 atom stereocenters. The summed E-state index contributed by atoms with van der Waals surface area (Å²) in [7, 11) is 0. The summed E-state index contributed by atoms with van der Waals surface area (Å²) in [5.74, 6) is 0.0260. The molecule has 18 heavy (non-hydrogen) atoms. The van der Waals surface area contributed by atoms with Crippen molar-refractivity contribution in [2.75, 3.05) is 0 Å². The highest BCUT2D eigenvalue weighted by molar-refractivity contribution is 5.93. The Morgan fingerprint density at radius 2 is 2.00 bits per heavy atom. The molecule has 2 aliphatic rings. The summed E-state index contributed by atoms with van der Waals surface area (Å²) in [5.41, 5.74) is 1.40. The lowest BCUT2D eigenvalue weighted by Crippen LogP contribution is -2.48. The summed E-state index contributed by atoms with van der Waals surface area (Å²) < 4.78 is 0. The Labute approximate surface area is 107 Å². The Hall–Kier alpha value is -1.42. The minimum absolute atomic E-state index is 0.0260. The first-order valence-corrected chi connectivity index (χ1v) is 6.59. The Balaban J connectivity index is 1.85. The number of carbonyl (C=O) groups is 1. The number of nitrogens with zero attached hydrogens (tertiary/aromatic N) is 2. The van der Waals surface area contributed by atoms with Gasteiger partial charge in [0.15, 0.2) is 0 Å². The largest absolute Gasteiger partial charge is 0.393 e. The predicted molar refractivity (Wildman–Crippen MR) is 67.2 cm³/mol. The third-order valence-electron chi connectivity index (χ3n) is 4.05. The number of pyridine rings is 1. The van der Waals surface area contributed by atoms with Crippen LogP contribution in [0.1, 0.15) is 41.9 Å². The van der Waals surface area contributed by atoms with E-state index < -0.39 is 0 Å². The second-order valence-electron chi connectivity index (χ2n) is 5.39. The number of aryl methyl sites for hydroxylation is 1. The van der Waals surface area contributed by atoms with Crippen LogP contribution < -0.4 is 0 Å². The first-order valence-electron chi connectivity index (χ1n) is 6.59. The molecular formula is C14H18N2O2. The van der Waals surface area contributed by atoms with E-state index in [9.17, 15) is 9.90 Å². The second-order valence-corrected chi connectivity index (χ2v) is 5.39. The third kappa shape index (κ3) is 1.90. The molecule has 4 nitrogen and oxygen atoms in total.